The number of nitrogens with one attached hydrogen (secondary N) is 1. The van der Waals surface area contributed by atoms with Crippen LogP contribution in [0, 0.1) is 5.92 Å². The second-order valence-corrected chi connectivity index (χ2v) is 7.85. The Labute approximate surface area is 139 Å². The molecule has 3 aliphatic rings. The summed E-state index contributed by atoms with van der Waals surface area (Å²) >= 11 is 0. The van der Waals surface area contributed by atoms with E-state index in [2.05, 4.69) is 29.6 Å². The van der Waals surface area contributed by atoms with Gasteiger partial charge in [0.15, 0.2) is 0 Å². The average molecular weight is 316 g/mol. The van der Waals surface area contributed by atoms with Crippen molar-refractivity contribution in [3.05, 3.63) is 35.9 Å². The van der Waals surface area contributed by atoms with E-state index >= 15 is 0 Å². The molecule has 126 valence electrons. The minimum absolute atomic E-state index is 0.154. The normalized spacial score (nSPS) is 27.1. The highest BCUT2D eigenvalue weighted by Gasteiger charge is 2.43. The van der Waals surface area contributed by atoms with Crippen LogP contribution in [0.25, 0.3) is 0 Å². The number of amides is 1. The maximum absolute atomic E-state index is 12.5. The summed E-state index contributed by atoms with van der Waals surface area (Å²) in [7, 11) is 0. The summed E-state index contributed by atoms with van der Waals surface area (Å²) in [6, 6.07) is 11.1. The Morgan fingerprint density at radius 1 is 1.26 bits per heavy atom. The highest BCUT2D eigenvalue weighted by Crippen LogP contribution is 2.36. The van der Waals surface area contributed by atoms with Crippen molar-refractivity contribution in [3.8, 4) is 0 Å². The molecule has 2 heterocycles. The number of fused-ring (bicyclic) bond motifs is 3. The van der Waals surface area contributed by atoms with Gasteiger partial charge >= 0.3 is 6.09 Å². The molecule has 1 aromatic carbocycles. The number of carbonyl (C=O) groups is 1. The molecule has 1 saturated carbocycles. The maximum atomic E-state index is 12.5. The molecule has 4 nitrogen and oxygen atoms in total. The number of ether oxygens (including phenoxy) is 1. The van der Waals surface area contributed by atoms with E-state index in [4.69, 9.17) is 4.74 Å². The Morgan fingerprint density at radius 3 is 2.65 bits per heavy atom. The Balaban J connectivity index is 1.63. The molecular weight excluding hydrogens is 288 g/mol. The van der Waals surface area contributed by atoms with Crippen LogP contribution in [0.15, 0.2) is 30.3 Å². The van der Waals surface area contributed by atoms with Crippen LogP contribution in [0.3, 0.4) is 0 Å². The van der Waals surface area contributed by atoms with E-state index in [9.17, 15) is 4.79 Å². The van der Waals surface area contributed by atoms with Crippen LogP contribution >= 0.6 is 0 Å². The van der Waals surface area contributed by atoms with Crippen molar-refractivity contribution in [1.29, 1.82) is 0 Å². The van der Waals surface area contributed by atoms with E-state index in [0.29, 0.717) is 12.0 Å². The highest BCUT2D eigenvalue weighted by molar-refractivity contribution is 5.69. The van der Waals surface area contributed by atoms with Gasteiger partial charge in [-0.15, -0.1) is 0 Å². The first kappa shape index (κ1) is 16.3. The zero-order valence-electron chi connectivity index (χ0n) is 14.4. The average Bonchev–Trinajstić information content (AvgIpc) is 2.53. The van der Waals surface area contributed by atoms with Gasteiger partial charge < -0.3 is 15.0 Å². The van der Waals surface area contributed by atoms with Crippen LogP contribution in [0.2, 0.25) is 0 Å². The smallest absolute Gasteiger partial charge is 0.410 e. The van der Waals surface area contributed by atoms with Crippen LogP contribution in [0.5, 0.6) is 0 Å². The third kappa shape index (κ3) is 4.05. The van der Waals surface area contributed by atoms with Gasteiger partial charge in [-0.05, 0) is 51.5 Å². The zero-order valence-corrected chi connectivity index (χ0v) is 14.4. The molecule has 23 heavy (non-hydrogen) atoms. The van der Waals surface area contributed by atoms with Gasteiger partial charge in [0.1, 0.15) is 5.60 Å². The number of carbonyl (C=O) groups excluding carboxylic acids is 1. The quantitative estimate of drug-likeness (QED) is 0.927. The van der Waals surface area contributed by atoms with Gasteiger partial charge in [0.25, 0.3) is 0 Å². The molecule has 0 aromatic heterocycles. The Morgan fingerprint density at radius 2 is 2.00 bits per heavy atom. The van der Waals surface area contributed by atoms with Crippen molar-refractivity contribution in [2.75, 3.05) is 6.54 Å². The minimum Gasteiger partial charge on any atom is -0.444 e. The van der Waals surface area contributed by atoms with E-state index in [1.807, 2.05) is 31.7 Å². The Kier molecular flexibility index (Phi) is 4.62. The van der Waals surface area contributed by atoms with Crippen molar-refractivity contribution < 1.29 is 9.53 Å². The van der Waals surface area contributed by atoms with E-state index < -0.39 is 5.60 Å². The highest BCUT2D eigenvalue weighted by atomic mass is 16.6. The lowest BCUT2D eigenvalue weighted by Gasteiger charge is -2.50. The van der Waals surface area contributed by atoms with Crippen LogP contribution in [0.4, 0.5) is 4.79 Å². The zero-order chi connectivity index (χ0) is 16.4. The Bertz CT molecular complexity index is 538. The molecule has 3 fully saturated rings. The summed E-state index contributed by atoms with van der Waals surface area (Å²) < 4.78 is 5.60. The molecule has 2 saturated heterocycles. The van der Waals surface area contributed by atoms with Gasteiger partial charge in [-0.2, -0.15) is 0 Å². The lowest BCUT2D eigenvalue weighted by molar-refractivity contribution is -0.0231. The molecule has 4 heteroatoms. The molecule has 2 aliphatic heterocycles. The van der Waals surface area contributed by atoms with Crippen molar-refractivity contribution in [2.45, 2.75) is 64.3 Å². The first-order valence-electron chi connectivity index (χ1n) is 8.69. The topological polar surface area (TPSA) is 41.6 Å². The van der Waals surface area contributed by atoms with Crippen molar-refractivity contribution in [3.63, 3.8) is 0 Å². The Hall–Kier alpha value is -1.55. The molecule has 0 spiro atoms. The van der Waals surface area contributed by atoms with E-state index in [1.165, 1.54) is 12.0 Å². The molecule has 1 aliphatic carbocycles. The first-order chi connectivity index (χ1) is 10.9. The molecule has 2 bridgehead atoms. The first-order valence-corrected chi connectivity index (χ1v) is 8.69. The summed E-state index contributed by atoms with van der Waals surface area (Å²) in [5.41, 5.74) is 0.860. The predicted octanol–water partition coefficient (Wildman–Crippen LogP) is 3.56. The van der Waals surface area contributed by atoms with E-state index in [-0.39, 0.29) is 12.1 Å². The summed E-state index contributed by atoms with van der Waals surface area (Å²) in [5, 5.41) is 3.67. The van der Waals surface area contributed by atoms with Gasteiger partial charge in [0.2, 0.25) is 0 Å². The van der Waals surface area contributed by atoms with E-state index in [0.717, 1.165) is 25.9 Å². The second kappa shape index (κ2) is 6.52. The van der Waals surface area contributed by atoms with Gasteiger partial charge in [0, 0.05) is 19.1 Å². The third-order valence-electron chi connectivity index (χ3n) is 4.82. The summed E-state index contributed by atoms with van der Waals surface area (Å²) in [6.07, 6.45) is 3.32. The fourth-order valence-corrected chi connectivity index (χ4v) is 3.79. The van der Waals surface area contributed by atoms with Gasteiger partial charge in [0.05, 0.1) is 6.04 Å². The SMILES string of the molecule is CC(C)(C)OC(=O)N1CC2CCC1C(NCc1ccccc1)C2. The molecule has 1 amide bonds. The van der Waals surface area contributed by atoms with Gasteiger partial charge in [-0.25, -0.2) is 4.79 Å². The lowest BCUT2D eigenvalue weighted by Crippen LogP contribution is -2.62. The number of benzene rings is 1. The predicted molar refractivity (Wildman–Crippen MR) is 91.1 cm³/mol. The molecule has 4 rings (SSSR count). The molecule has 1 aromatic rings. The summed E-state index contributed by atoms with van der Waals surface area (Å²) in [5.74, 6) is 0.598. The monoisotopic (exact) mass is 316 g/mol. The third-order valence-corrected chi connectivity index (χ3v) is 4.82. The molecule has 3 atom stereocenters. The molecule has 0 radical (unpaired) electrons. The maximum Gasteiger partial charge on any atom is 0.410 e. The number of nitrogens with zero attached hydrogens (tertiary/aromatic N) is 1. The van der Waals surface area contributed by atoms with Gasteiger partial charge in [-0.1, -0.05) is 30.3 Å². The van der Waals surface area contributed by atoms with Crippen LogP contribution < -0.4 is 5.32 Å². The fraction of sp³-hybridized carbons (Fsp3) is 0.632. The van der Waals surface area contributed by atoms with Crippen LogP contribution in [-0.2, 0) is 11.3 Å². The molecule has 1 N–H and O–H groups in total. The largest absolute Gasteiger partial charge is 0.444 e. The minimum atomic E-state index is -0.430. The van der Waals surface area contributed by atoms with Crippen LogP contribution in [0.1, 0.15) is 45.6 Å². The van der Waals surface area contributed by atoms with Gasteiger partial charge in [-0.3, -0.25) is 0 Å². The number of rotatable bonds is 3. The standard InChI is InChI=1S/C19H28N2O2/c1-19(2,3)23-18(22)21-13-15-9-10-17(21)16(11-15)20-12-14-7-5-4-6-8-14/h4-8,15-17,20H,9-13H2,1-3H3. The number of hydrogen-bond acceptors (Lipinski definition) is 3. The lowest BCUT2D eigenvalue weighted by atomic mass is 9.76. The van der Waals surface area contributed by atoms with E-state index in [1.54, 1.807) is 0 Å². The second-order valence-electron chi connectivity index (χ2n) is 7.85. The van der Waals surface area contributed by atoms with Crippen molar-refractivity contribution >= 4 is 6.09 Å². The van der Waals surface area contributed by atoms with Crippen LogP contribution in [-0.4, -0.2) is 35.2 Å². The summed E-state index contributed by atoms with van der Waals surface area (Å²) in [6.45, 7) is 7.49. The molecular formula is C19H28N2O2. The van der Waals surface area contributed by atoms with Crippen molar-refractivity contribution in [1.82, 2.24) is 10.2 Å². The molecule has 3 unspecified atom stereocenters. The van der Waals surface area contributed by atoms with Crippen molar-refractivity contribution in [2.24, 2.45) is 5.92 Å². The number of hydrogen-bond donors (Lipinski definition) is 1. The number of piperidine rings is 2. The summed E-state index contributed by atoms with van der Waals surface area (Å²) in [4.78, 5) is 14.5. The fourth-order valence-electron chi connectivity index (χ4n) is 3.79.